The lowest BCUT2D eigenvalue weighted by atomic mass is 10.2. The van der Waals surface area contributed by atoms with E-state index >= 15 is 0 Å². The smallest absolute Gasteiger partial charge is 0.229 e. The molecule has 5 heteroatoms. The van der Waals surface area contributed by atoms with Crippen LogP contribution in [0, 0.1) is 6.92 Å². The van der Waals surface area contributed by atoms with E-state index in [2.05, 4.69) is 20.2 Å². The van der Waals surface area contributed by atoms with E-state index in [9.17, 15) is 0 Å². The van der Waals surface area contributed by atoms with E-state index in [1.807, 2.05) is 19.9 Å². The predicted molar refractivity (Wildman–Crippen MR) is 79.3 cm³/mol. The summed E-state index contributed by atoms with van der Waals surface area (Å²) < 4.78 is 5.54. The van der Waals surface area contributed by atoms with Gasteiger partial charge in [-0.15, -0.1) is 0 Å². The van der Waals surface area contributed by atoms with Crippen molar-refractivity contribution in [1.29, 1.82) is 0 Å². The Morgan fingerprint density at radius 2 is 2.20 bits per heavy atom. The lowest BCUT2D eigenvalue weighted by Gasteiger charge is -2.25. The number of hydrogen-bond donors (Lipinski definition) is 1. The van der Waals surface area contributed by atoms with Gasteiger partial charge in [0.1, 0.15) is 0 Å². The third-order valence-corrected chi connectivity index (χ3v) is 3.96. The van der Waals surface area contributed by atoms with Crippen LogP contribution < -0.4 is 15.0 Å². The monoisotopic (exact) mass is 276 g/mol. The average molecular weight is 276 g/mol. The largest absolute Gasteiger partial charge is 0.478 e. The number of rotatable bonds is 6. The van der Waals surface area contributed by atoms with Gasteiger partial charge < -0.3 is 15.0 Å². The number of aromatic nitrogens is 2. The molecule has 1 saturated heterocycles. The molecule has 0 spiro atoms. The zero-order chi connectivity index (χ0) is 13.9. The van der Waals surface area contributed by atoms with Gasteiger partial charge in [0.05, 0.1) is 6.61 Å². The van der Waals surface area contributed by atoms with E-state index in [1.54, 1.807) is 0 Å². The van der Waals surface area contributed by atoms with Crippen LogP contribution in [0.2, 0.25) is 0 Å². The standard InChI is InChI=1S/C15H24N4O/c1-3-20-14-9-11(2)17-15(18-14)19-8-4-5-13(19)10-16-12-6-7-12/h9,12-13,16H,3-8,10H2,1-2H3. The van der Waals surface area contributed by atoms with Gasteiger partial charge in [-0.1, -0.05) is 0 Å². The second kappa shape index (κ2) is 5.95. The molecular weight excluding hydrogens is 252 g/mol. The minimum Gasteiger partial charge on any atom is -0.478 e. The summed E-state index contributed by atoms with van der Waals surface area (Å²) >= 11 is 0. The van der Waals surface area contributed by atoms with E-state index in [0.717, 1.165) is 30.8 Å². The summed E-state index contributed by atoms with van der Waals surface area (Å²) in [6.07, 6.45) is 5.11. The molecule has 1 aliphatic carbocycles. The van der Waals surface area contributed by atoms with Crippen LogP contribution in [0.15, 0.2) is 6.07 Å². The predicted octanol–water partition coefficient (Wildman–Crippen LogP) is 1.90. The van der Waals surface area contributed by atoms with E-state index in [0.29, 0.717) is 18.5 Å². The molecule has 1 aromatic heterocycles. The van der Waals surface area contributed by atoms with Gasteiger partial charge >= 0.3 is 0 Å². The van der Waals surface area contributed by atoms with Crippen molar-refractivity contribution in [2.75, 3.05) is 24.6 Å². The highest BCUT2D eigenvalue weighted by molar-refractivity contribution is 5.37. The summed E-state index contributed by atoms with van der Waals surface area (Å²) in [4.78, 5) is 11.5. The maximum Gasteiger partial charge on any atom is 0.229 e. The van der Waals surface area contributed by atoms with Crippen LogP contribution in [0.25, 0.3) is 0 Å². The molecule has 1 aliphatic heterocycles. The Morgan fingerprint density at radius 1 is 1.35 bits per heavy atom. The summed E-state index contributed by atoms with van der Waals surface area (Å²) in [5.74, 6) is 1.52. The Morgan fingerprint density at radius 3 is 2.95 bits per heavy atom. The molecule has 5 nitrogen and oxygen atoms in total. The van der Waals surface area contributed by atoms with Crippen LogP contribution in [-0.4, -0.2) is 41.7 Å². The van der Waals surface area contributed by atoms with Gasteiger partial charge in [0.15, 0.2) is 0 Å². The topological polar surface area (TPSA) is 50.3 Å². The van der Waals surface area contributed by atoms with Crippen molar-refractivity contribution in [3.05, 3.63) is 11.8 Å². The van der Waals surface area contributed by atoms with Crippen LogP contribution in [0.3, 0.4) is 0 Å². The Balaban J connectivity index is 1.72. The average Bonchev–Trinajstić information content (AvgIpc) is 3.13. The van der Waals surface area contributed by atoms with Crippen molar-refractivity contribution in [2.45, 2.75) is 51.6 Å². The molecule has 1 atom stereocenters. The fourth-order valence-corrected chi connectivity index (χ4v) is 2.78. The van der Waals surface area contributed by atoms with E-state index in [4.69, 9.17) is 4.74 Å². The van der Waals surface area contributed by atoms with Gasteiger partial charge in [-0.3, -0.25) is 0 Å². The first-order valence-corrected chi connectivity index (χ1v) is 7.74. The molecule has 1 saturated carbocycles. The fourth-order valence-electron chi connectivity index (χ4n) is 2.78. The number of ether oxygens (including phenoxy) is 1. The molecule has 2 aliphatic rings. The molecule has 2 heterocycles. The molecule has 0 bridgehead atoms. The van der Waals surface area contributed by atoms with Crippen LogP contribution in [0.1, 0.15) is 38.3 Å². The van der Waals surface area contributed by atoms with Gasteiger partial charge in [0, 0.05) is 36.9 Å². The molecular formula is C15H24N4O. The molecule has 0 radical (unpaired) electrons. The summed E-state index contributed by atoms with van der Waals surface area (Å²) in [5.41, 5.74) is 0.972. The second-order valence-corrected chi connectivity index (χ2v) is 5.75. The minimum absolute atomic E-state index is 0.520. The molecule has 1 N–H and O–H groups in total. The highest BCUT2D eigenvalue weighted by Crippen LogP contribution is 2.25. The summed E-state index contributed by atoms with van der Waals surface area (Å²) in [6.45, 7) is 6.72. The van der Waals surface area contributed by atoms with E-state index in [-0.39, 0.29) is 0 Å². The van der Waals surface area contributed by atoms with E-state index in [1.165, 1.54) is 25.7 Å². The third kappa shape index (κ3) is 3.20. The van der Waals surface area contributed by atoms with Crippen molar-refractivity contribution < 1.29 is 4.74 Å². The molecule has 2 fully saturated rings. The SMILES string of the molecule is CCOc1cc(C)nc(N2CCCC2CNC2CC2)n1. The van der Waals surface area contributed by atoms with Gasteiger partial charge in [0.25, 0.3) is 0 Å². The minimum atomic E-state index is 0.520. The molecule has 0 amide bonds. The van der Waals surface area contributed by atoms with Crippen molar-refractivity contribution in [3.63, 3.8) is 0 Å². The quantitative estimate of drug-likeness (QED) is 0.860. The van der Waals surface area contributed by atoms with Crippen molar-refractivity contribution >= 4 is 5.95 Å². The normalized spacial score (nSPS) is 22.3. The van der Waals surface area contributed by atoms with Crippen LogP contribution >= 0.6 is 0 Å². The first kappa shape index (κ1) is 13.6. The lowest BCUT2D eigenvalue weighted by molar-refractivity contribution is 0.325. The zero-order valence-corrected chi connectivity index (χ0v) is 12.4. The first-order chi connectivity index (χ1) is 9.76. The molecule has 1 aromatic rings. The lowest BCUT2D eigenvalue weighted by Crippen LogP contribution is -2.39. The number of nitrogens with zero attached hydrogens (tertiary/aromatic N) is 3. The van der Waals surface area contributed by atoms with Gasteiger partial charge in [-0.2, -0.15) is 4.98 Å². The van der Waals surface area contributed by atoms with E-state index < -0.39 is 0 Å². The summed E-state index contributed by atoms with van der Waals surface area (Å²) in [7, 11) is 0. The highest BCUT2D eigenvalue weighted by atomic mass is 16.5. The number of nitrogens with one attached hydrogen (secondary N) is 1. The van der Waals surface area contributed by atoms with Crippen LogP contribution in [0.4, 0.5) is 5.95 Å². The molecule has 1 unspecified atom stereocenters. The Labute approximate surface area is 120 Å². The molecule has 0 aromatic carbocycles. The number of anilines is 1. The number of hydrogen-bond acceptors (Lipinski definition) is 5. The fraction of sp³-hybridized carbons (Fsp3) is 0.733. The van der Waals surface area contributed by atoms with Crippen molar-refractivity contribution in [2.24, 2.45) is 0 Å². The summed E-state index contributed by atoms with van der Waals surface area (Å²) in [5, 5.41) is 3.62. The maximum atomic E-state index is 5.54. The Kier molecular flexibility index (Phi) is 4.05. The third-order valence-electron chi connectivity index (χ3n) is 3.96. The zero-order valence-electron chi connectivity index (χ0n) is 12.4. The maximum absolute atomic E-state index is 5.54. The van der Waals surface area contributed by atoms with Crippen LogP contribution in [0.5, 0.6) is 5.88 Å². The highest BCUT2D eigenvalue weighted by Gasteiger charge is 2.29. The Hall–Kier alpha value is -1.36. The van der Waals surface area contributed by atoms with Gasteiger partial charge in [-0.05, 0) is 39.5 Å². The van der Waals surface area contributed by atoms with Crippen molar-refractivity contribution in [1.82, 2.24) is 15.3 Å². The molecule has 110 valence electrons. The molecule has 3 rings (SSSR count). The number of aryl methyl sites for hydroxylation is 1. The van der Waals surface area contributed by atoms with Crippen molar-refractivity contribution in [3.8, 4) is 5.88 Å². The first-order valence-electron chi connectivity index (χ1n) is 7.74. The Bertz CT molecular complexity index is 461. The molecule has 20 heavy (non-hydrogen) atoms. The van der Waals surface area contributed by atoms with Crippen LogP contribution in [-0.2, 0) is 0 Å². The second-order valence-electron chi connectivity index (χ2n) is 5.75. The van der Waals surface area contributed by atoms with Gasteiger partial charge in [-0.25, -0.2) is 4.98 Å². The van der Waals surface area contributed by atoms with Gasteiger partial charge in [0.2, 0.25) is 11.8 Å². The summed E-state index contributed by atoms with van der Waals surface area (Å²) in [6, 6.07) is 3.18.